The largest absolute Gasteiger partial charge is 0.478 e. The second-order valence-electron chi connectivity index (χ2n) is 6.74. The third-order valence-corrected chi connectivity index (χ3v) is 5.08. The Labute approximate surface area is 153 Å². The molecule has 1 fully saturated rings. The Morgan fingerprint density at radius 2 is 2.15 bits per heavy atom. The molecule has 0 bridgehead atoms. The number of H-pyrrole nitrogens is 1. The van der Waals surface area contributed by atoms with Crippen LogP contribution in [0.3, 0.4) is 0 Å². The summed E-state index contributed by atoms with van der Waals surface area (Å²) >= 11 is 6.19. The summed E-state index contributed by atoms with van der Waals surface area (Å²) in [4.78, 5) is 18.9. The van der Waals surface area contributed by atoms with Crippen LogP contribution >= 0.6 is 11.6 Å². The summed E-state index contributed by atoms with van der Waals surface area (Å²) in [5.74, 6) is -0.311. The van der Waals surface area contributed by atoms with Crippen molar-refractivity contribution in [1.29, 1.82) is 0 Å². The quantitative estimate of drug-likeness (QED) is 0.562. The van der Waals surface area contributed by atoms with E-state index in [1.807, 2.05) is 28.9 Å². The van der Waals surface area contributed by atoms with Crippen LogP contribution in [0.25, 0.3) is 33.3 Å². The second kappa shape index (κ2) is 5.57. The Morgan fingerprint density at radius 1 is 1.31 bits per heavy atom. The molecule has 1 aliphatic carbocycles. The van der Waals surface area contributed by atoms with Crippen molar-refractivity contribution < 1.29 is 9.90 Å². The molecule has 130 valence electrons. The van der Waals surface area contributed by atoms with Gasteiger partial charge in [-0.25, -0.2) is 4.79 Å². The number of aromatic carboxylic acids is 1. The van der Waals surface area contributed by atoms with Crippen LogP contribution in [0.1, 0.15) is 23.2 Å². The first kappa shape index (κ1) is 15.4. The normalized spacial score (nSPS) is 14.3. The number of fused-ring (bicyclic) bond motifs is 2. The summed E-state index contributed by atoms with van der Waals surface area (Å²) in [5, 5.41) is 15.9. The number of aromatic amines is 1. The lowest BCUT2D eigenvalue weighted by Crippen LogP contribution is -2.01. The molecular weight excluding hydrogens is 352 g/mol. The topological polar surface area (TPSA) is 83.8 Å². The van der Waals surface area contributed by atoms with Crippen molar-refractivity contribution in [2.75, 3.05) is 0 Å². The van der Waals surface area contributed by atoms with E-state index in [0.29, 0.717) is 22.0 Å². The molecule has 2 N–H and O–H groups in total. The van der Waals surface area contributed by atoms with Gasteiger partial charge in [0.25, 0.3) is 0 Å². The highest BCUT2D eigenvalue weighted by atomic mass is 35.5. The zero-order valence-corrected chi connectivity index (χ0v) is 14.5. The first-order valence-corrected chi connectivity index (χ1v) is 8.85. The lowest BCUT2D eigenvalue weighted by molar-refractivity contribution is 0.0699. The van der Waals surface area contributed by atoms with Crippen molar-refractivity contribution in [3.63, 3.8) is 0 Å². The van der Waals surface area contributed by atoms with Gasteiger partial charge in [0.1, 0.15) is 5.69 Å². The molecule has 1 aliphatic rings. The maximum Gasteiger partial charge on any atom is 0.337 e. The van der Waals surface area contributed by atoms with Crippen LogP contribution < -0.4 is 0 Å². The number of pyridine rings is 1. The summed E-state index contributed by atoms with van der Waals surface area (Å²) < 4.78 is 2.01. The third-order valence-electron chi connectivity index (χ3n) is 4.85. The lowest BCUT2D eigenvalue weighted by atomic mass is 10.1. The average Bonchev–Trinajstić information content (AvgIpc) is 3.21. The van der Waals surface area contributed by atoms with E-state index in [1.54, 1.807) is 0 Å². The van der Waals surface area contributed by atoms with Crippen LogP contribution in [0, 0.1) is 5.92 Å². The molecule has 0 unspecified atom stereocenters. The van der Waals surface area contributed by atoms with Gasteiger partial charge in [0, 0.05) is 23.2 Å². The minimum atomic E-state index is -0.985. The Morgan fingerprint density at radius 3 is 2.92 bits per heavy atom. The fourth-order valence-corrected chi connectivity index (χ4v) is 3.53. The zero-order valence-electron chi connectivity index (χ0n) is 13.7. The fourth-order valence-electron chi connectivity index (χ4n) is 3.36. The van der Waals surface area contributed by atoms with Crippen LogP contribution in [-0.2, 0) is 6.54 Å². The predicted molar refractivity (Wildman–Crippen MR) is 99.5 cm³/mol. The summed E-state index contributed by atoms with van der Waals surface area (Å²) in [6.07, 6.45) is 3.97. The Bertz CT molecular complexity index is 1170. The van der Waals surface area contributed by atoms with E-state index in [2.05, 4.69) is 9.97 Å². The monoisotopic (exact) mass is 366 g/mol. The number of nitrogens with one attached hydrogen (secondary N) is 1. The molecule has 0 amide bonds. The molecule has 26 heavy (non-hydrogen) atoms. The van der Waals surface area contributed by atoms with Gasteiger partial charge in [-0.1, -0.05) is 11.6 Å². The molecule has 6 nitrogen and oxygen atoms in total. The Hall–Kier alpha value is -2.86. The lowest BCUT2D eigenvalue weighted by Gasteiger charge is -2.01. The number of carbonyl (C=O) groups is 1. The summed E-state index contributed by atoms with van der Waals surface area (Å²) in [6.45, 7) is 0.871. The van der Waals surface area contributed by atoms with Crippen LogP contribution in [0.15, 0.2) is 36.5 Å². The molecular formula is C19H15ClN4O2. The van der Waals surface area contributed by atoms with Gasteiger partial charge in [0.2, 0.25) is 0 Å². The summed E-state index contributed by atoms with van der Waals surface area (Å²) in [7, 11) is 0. The predicted octanol–water partition coefficient (Wildman–Crippen LogP) is 4.34. The molecule has 1 aromatic carbocycles. The van der Waals surface area contributed by atoms with E-state index in [9.17, 15) is 9.90 Å². The van der Waals surface area contributed by atoms with Crippen LogP contribution in [-0.4, -0.2) is 30.8 Å². The number of nitrogens with zero attached hydrogens (tertiary/aromatic N) is 3. The van der Waals surface area contributed by atoms with Crippen molar-refractivity contribution in [3.05, 3.63) is 47.1 Å². The standard InChI is InChI=1S/C19H15ClN4O2/c20-11-3-4-12-16(7-11)24(9-10-1-2-10)23-18(12)15-8-14-17(22-15)13(19(25)26)5-6-21-14/h3-8,10,22H,1-2,9H2,(H,25,26). The molecule has 0 spiro atoms. The van der Waals surface area contributed by atoms with E-state index < -0.39 is 5.97 Å². The Balaban J connectivity index is 1.72. The minimum Gasteiger partial charge on any atom is -0.478 e. The molecule has 3 aromatic heterocycles. The fraction of sp³-hybridized carbons (Fsp3) is 0.211. The van der Waals surface area contributed by atoms with Gasteiger partial charge in [-0.15, -0.1) is 0 Å². The van der Waals surface area contributed by atoms with E-state index in [1.165, 1.54) is 25.1 Å². The number of hydrogen-bond donors (Lipinski definition) is 2. The smallest absolute Gasteiger partial charge is 0.337 e. The number of hydrogen-bond acceptors (Lipinski definition) is 3. The van der Waals surface area contributed by atoms with Gasteiger partial charge in [0.15, 0.2) is 0 Å². The highest BCUT2D eigenvalue weighted by Gasteiger charge is 2.24. The van der Waals surface area contributed by atoms with Gasteiger partial charge in [-0.2, -0.15) is 5.10 Å². The molecule has 0 atom stereocenters. The van der Waals surface area contributed by atoms with E-state index in [4.69, 9.17) is 16.7 Å². The number of rotatable bonds is 4. The maximum absolute atomic E-state index is 11.5. The SMILES string of the molecule is O=C(O)c1ccnc2cc(-c3nn(CC4CC4)c4cc(Cl)ccc34)[nH]c12. The van der Waals surface area contributed by atoms with Gasteiger partial charge in [-0.3, -0.25) is 9.67 Å². The number of carboxylic acid groups (broad SMARTS) is 1. The van der Waals surface area contributed by atoms with E-state index in [-0.39, 0.29) is 5.56 Å². The summed E-state index contributed by atoms with van der Waals surface area (Å²) in [6, 6.07) is 9.08. The maximum atomic E-state index is 11.5. The molecule has 0 saturated heterocycles. The zero-order chi connectivity index (χ0) is 17.8. The van der Waals surface area contributed by atoms with Crippen LogP contribution in [0.5, 0.6) is 0 Å². The average molecular weight is 367 g/mol. The first-order chi connectivity index (χ1) is 12.6. The summed E-state index contributed by atoms with van der Waals surface area (Å²) in [5.41, 5.74) is 3.85. The van der Waals surface area contributed by atoms with Gasteiger partial charge < -0.3 is 10.1 Å². The van der Waals surface area contributed by atoms with Gasteiger partial charge in [0.05, 0.1) is 27.8 Å². The minimum absolute atomic E-state index is 0.200. The number of halogens is 1. The van der Waals surface area contributed by atoms with Crippen LogP contribution in [0.2, 0.25) is 5.02 Å². The molecule has 7 heteroatoms. The van der Waals surface area contributed by atoms with Crippen molar-refractivity contribution in [3.8, 4) is 11.4 Å². The molecule has 0 aliphatic heterocycles. The molecule has 3 heterocycles. The number of aromatic nitrogens is 4. The van der Waals surface area contributed by atoms with E-state index >= 15 is 0 Å². The third kappa shape index (κ3) is 2.45. The van der Waals surface area contributed by atoms with Crippen molar-refractivity contribution in [1.82, 2.24) is 19.7 Å². The van der Waals surface area contributed by atoms with Crippen LogP contribution in [0.4, 0.5) is 0 Å². The molecule has 4 aromatic rings. The Kier molecular flexibility index (Phi) is 3.30. The number of carboxylic acids is 1. The number of benzene rings is 1. The van der Waals surface area contributed by atoms with E-state index in [0.717, 1.165) is 28.8 Å². The van der Waals surface area contributed by atoms with Gasteiger partial charge in [-0.05, 0) is 49.1 Å². The van der Waals surface area contributed by atoms with Gasteiger partial charge >= 0.3 is 5.97 Å². The van der Waals surface area contributed by atoms with Crippen molar-refractivity contribution >= 4 is 39.5 Å². The highest BCUT2D eigenvalue weighted by Crippen LogP contribution is 2.35. The molecule has 1 saturated carbocycles. The molecule has 5 rings (SSSR count). The van der Waals surface area contributed by atoms with Crippen molar-refractivity contribution in [2.24, 2.45) is 5.92 Å². The second-order valence-corrected chi connectivity index (χ2v) is 7.18. The van der Waals surface area contributed by atoms with Crippen molar-refractivity contribution in [2.45, 2.75) is 19.4 Å². The first-order valence-electron chi connectivity index (χ1n) is 8.47. The highest BCUT2D eigenvalue weighted by molar-refractivity contribution is 6.31. The molecule has 0 radical (unpaired) electrons.